The van der Waals surface area contributed by atoms with Crippen LogP contribution in [0.3, 0.4) is 0 Å². The molecular weight excluding hydrogens is 377 g/mol. The first kappa shape index (κ1) is 20.6. The van der Waals surface area contributed by atoms with E-state index in [1.807, 2.05) is 5.40 Å². The average molecular weight is 407 g/mol. The van der Waals surface area contributed by atoms with Crippen molar-refractivity contribution in [2.24, 2.45) is 0 Å². The molecule has 0 saturated carbocycles. The maximum atomic E-state index is 5.05. The molecule has 0 aliphatic heterocycles. The molecule has 0 aliphatic rings. The summed E-state index contributed by atoms with van der Waals surface area (Å²) in [5.74, 6) is 0. The monoisotopic (exact) mass is 406 g/mol. The number of benzene rings is 1. The van der Waals surface area contributed by atoms with Gasteiger partial charge in [0.05, 0.1) is 0 Å². The zero-order valence-corrected chi connectivity index (χ0v) is 17.4. The minimum absolute atomic E-state index is 0.155. The van der Waals surface area contributed by atoms with Crippen molar-refractivity contribution in [3.63, 3.8) is 0 Å². The fourth-order valence-electron chi connectivity index (χ4n) is 2.66. The summed E-state index contributed by atoms with van der Waals surface area (Å²) in [7, 11) is 4.89. The SMILES string of the molecule is CCc1ccc(P(C(C)(C)C)C(C)(C)C)cc1.[CH3][Pd][Cl]. The van der Waals surface area contributed by atoms with E-state index in [1.54, 1.807) is 0 Å². The Balaban J connectivity index is 0.00000110. The van der Waals surface area contributed by atoms with Crippen LogP contribution in [-0.4, -0.2) is 10.3 Å². The molecule has 20 heavy (non-hydrogen) atoms. The second kappa shape index (κ2) is 8.90. The Hall–Kier alpha value is 0.602. The Morgan fingerprint density at radius 3 is 1.55 bits per heavy atom. The van der Waals surface area contributed by atoms with Crippen LogP contribution in [0.25, 0.3) is 0 Å². The fourth-order valence-corrected chi connectivity index (χ4v) is 6.67. The van der Waals surface area contributed by atoms with Crippen LogP contribution in [0.1, 0.15) is 54.0 Å². The van der Waals surface area contributed by atoms with Gasteiger partial charge in [-0.2, -0.15) is 0 Å². The molecule has 0 unspecified atom stereocenters. The molecule has 0 heterocycles. The Morgan fingerprint density at radius 1 is 0.950 bits per heavy atom. The number of aryl methyl sites for hydroxylation is 1. The van der Waals surface area contributed by atoms with E-state index in [4.69, 9.17) is 9.53 Å². The third-order valence-corrected chi connectivity index (χ3v) is 6.44. The van der Waals surface area contributed by atoms with Crippen LogP contribution >= 0.6 is 17.5 Å². The van der Waals surface area contributed by atoms with Crippen LogP contribution in [0.2, 0.25) is 5.40 Å². The van der Waals surface area contributed by atoms with E-state index in [0.717, 1.165) is 6.42 Å². The molecule has 0 atom stereocenters. The molecule has 0 nitrogen and oxygen atoms in total. The number of rotatable bonds is 2. The van der Waals surface area contributed by atoms with Gasteiger partial charge in [-0.3, -0.25) is 0 Å². The van der Waals surface area contributed by atoms with Gasteiger partial charge in [-0.15, -0.1) is 0 Å². The number of hydrogen-bond donors (Lipinski definition) is 0. The molecule has 3 heteroatoms. The Bertz CT molecular complexity index is 359. The topological polar surface area (TPSA) is 0 Å². The van der Waals surface area contributed by atoms with Crippen LogP contribution in [0.5, 0.6) is 0 Å². The number of halogens is 1. The molecule has 0 aliphatic carbocycles. The van der Waals surface area contributed by atoms with Gasteiger partial charge in [-0.1, -0.05) is 80.7 Å². The van der Waals surface area contributed by atoms with Gasteiger partial charge in [0.25, 0.3) is 0 Å². The summed E-state index contributed by atoms with van der Waals surface area (Å²) in [4.78, 5) is 0. The molecule has 1 rings (SSSR count). The van der Waals surface area contributed by atoms with E-state index in [-0.39, 0.29) is 7.92 Å². The van der Waals surface area contributed by atoms with Crippen LogP contribution in [-0.2, 0) is 23.4 Å². The van der Waals surface area contributed by atoms with Gasteiger partial charge in [-0.05, 0) is 27.6 Å². The van der Waals surface area contributed by atoms with E-state index in [1.165, 1.54) is 10.9 Å². The van der Waals surface area contributed by atoms with E-state index < -0.39 is 0 Å². The molecule has 0 N–H and O–H groups in total. The van der Waals surface area contributed by atoms with Crippen molar-refractivity contribution in [3.8, 4) is 0 Å². The Morgan fingerprint density at radius 2 is 1.30 bits per heavy atom. The summed E-state index contributed by atoms with van der Waals surface area (Å²) in [5, 5.41) is 4.20. The molecule has 0 bridgehead atoms. The molecular formula is C17H30ClPPd. The van der Waals surface area contributed by atoms with Crippen molar-refractivity contribution < 1.29 is 17.0 Å². The van der Waals surface area contributed by atoms with Crippen LogP contribution in [0.4, 0.5) is 0 Å². The van der Waals surface area contributed by atoms with Crippen molar-refractivity contribution in [3.05, 3.63) is 29.8 Å². The zero-order chi connectivity index (χ0) is 16.0. The predicted octanol–water partition coefficient (Wildman–Crippen LogP) is 6.22. The predicted molar refractivity (Wildman–Crippen MR) is 93.6 cm³/mol. The summed E-state index contributed by atoms with van der Waals surface area (Å²) in [6.45, 7) is 16.4. The van der Waals surface area contributed by atoms with E-state index in [0.29, 0.717) is 27.3 Å². The second-order valence-corrected chi connectivity index (χ2v) is 12.7. The molecule has 0 amide bonds. The van der Waals surface area contributed by atoms with Gasteiger partial charge < -0.3 is 0 Å². The maximum absolute atomic E-state index is 5.05. The van der Waals surface area contributed by atoms with Gasteiger partial charge in [0, 0.05) is 0 Å². The van der Waals surface area contributed by atoms with Gasteiger partial charge in [-0.25, -0.2) is 0 Å². The van der Waals surface area contributed by atoms with Crippen LogP contribution < -0.4 is 5.30 Å². The Kier molecular flexibility index (Phi) is 9.17. The molecule has 0 saturated heterocycles. The van der Waals surface area contributed by atoms with Crippen molar-refractivity contribution >= 4 is 22.8 Å². The Labute approximate surface area is 140 Å². The first-order valence-corrected chi connectivity index (χ1v) is 11.9. The quantitative estimate of drug-likeness (QED) is 0.403. The summed E-state index contributed by atoms with van der Waals surface area (Å²) >= 11 is 0.422. The van der Waals surface area contributed by atoms with E-state index in [2.05, 4.69) is 72.7 Å². The molecule has 0 spiro atoms. The average Bonchev–Trinajstić information content (AvgIpc) is 2.27. The summed E-state index contributed by atoms with van der Waals surface area (Å²) in [6, 6.07) is 9.28. The third kappa shape index (κ3) is 7.05. The fraction of sp³-hybridized carbons (Fsp3) is 0.647. The first-order chi connectivity index (χ1) is 9.07. The van der Waals surface area contributed by atoms with Gasteiger partial charge in [0.15, 0.2) is 0 Å². The van der Waals surface area contributed by atoms with Crippen molar-refractivity contribution in [1.29, 1.82) is 0 Å². The number of hydrogen-bond acceptors (Lipinski definition) is 0. The zero-order valence-electron chi connectivity index (χ0n) is 14.2. The van der Waals surface area contributed by atoms with Crippen molar-refractivity contribution in [2.75, 3.05) is 0 Å². The standard InChI is InChI=1S/C16H27P.CH3.ClH.Pd/c1-8-13-9-11-14(12-10-13)17(15(2,3)4)16(5,6)7;;;/h9-12H,8H2,1-7H3;1H3;1H;/q;;;+1/p-1. The van der Waals surface area contributed by atoms with Crippen molar-refractivity contribution in [1.82, 2.24) is 0 Å². The van der Waals surface area contributed by atoms with Crippen LogP contribution in [0.15, 0.2) is 24.3 Å². The molecule has 0 fully saturated rings. The molecule has 1 aromatic carbocycles. The summed E-state index contributed by atoms with van der Waals surface area (Å²) in [6.07, 6.45) is 1.13. The molecule has 0 aromatic heterocycles. The summed E-state index contributed by atoms with van der Waals surface area (Å²) < 4.78 is 0. The normalized spacial score (nSPS) is 12.3. The van der Waals surface area contributed by atoms with E-state index >= 15 is 0 Å². The van der Waals surface area contributed by atoms with Gasteiger partial charge in [0.1, 0.15) is 0 Å². The van der Waals surface area contributed by atoms with Crippen molar-refractivity contribution in [2.45, 2.75) is 70.6 Å². The molecule has 120 valence electrons. The third-order valence-electron chi connectivity index (χ3n) is 2.94. The molecule has 0 radical (unpaired) electrons. The molecule has 1 aromatic rings. The van der Waals surface area contributed by atoms with E-state index in [9.17, 15) is 0 Å². The van der Waals surface area contributed by atoms with Gasteiger partial charge >= 0.3 is 31.9 Å². The minimum atomic E-state index is -0.155. The first-order valence-electron chi connectivity index (χ1n) is 6.99. The van der Waals surface area contributed by atoms with Gasteiger partial charge in [0.2, 0.25) is 0 Å². The summed E-state index contributed by atoms with van der Waals surface area (Å²) in [5.41, 5.74) is 1.44. The second-order valence-electron chi connectivity index (χ2n) is 6.82. The van der Waals surface area contributed by atoms with Crippen LogP contribution in [0, 0.1) is 0 Å².